The van der Waals surface area contributed by atoms with Crippen molar-refractivity contribution in [2.24, 2.45) is 0 Å². The van der Waals surface area contributed by atoms with Gasteiger partial charge in [-0.05, 0) is 69.8 Å². The van der Waals surface area contributed by atoms with Crippen LogP contribution < -0.4 is 0 Å². The minimum Gasteiger partial charge on any atom is -0.456 e. The van der Waals surface area contributed by atoms with Gasteiger partial charge in [-0.1, -0.05) is 129 Å². The number of nitrogens with zero attached hydrogens (tertiary/aromatic N) is 3. The average molecular weight is 698 g/mol. The number of fused-ring (bicyclic) bond motifs is 9. The summed E-state index contributed by atoms with van der Waals surface area (Å²) < 4.78 is 8.95. The van der Waals surface area contributed by atoms with Crippen LogP contribution in [0.3, 0.4) is 0 Å². The summed E-state index contributed by atoms with van der Waals surface area (Å²) in [6.45, 7) is 4.61. The smallest absolute Gasteiger partial charge is 0.165 e. The van der Waals surface area contributed by atoms with E-state index >= 15 is 0 Å². The largest absolute Gasteiger partial charge is 0.456 e. The normalized spacial score (nSPS) is 13.2. The van der Waals surface area contributed by atoms with Crippen LogP contribution in [0.4, 0.5) is 0 Å². The van der Waals surface area contributed by atoms with Crippen molar-refractivity contribution in [3.63, 3.8) is 0 Å². The number of furan rings is 1. The van der Waals surface area contributed by atoms with Gasteiger partial charge in [0.15, 0.2) is 17.5 Å². The van der Waals surface area contributed by atoms with Crippen LogP contribution >= 0.6 is 11.3 Å². The predicted molar refractivity (Wildman–Crippen MR) is 219 cm³/mol. The molecule has 0 unspecified atom stereocenters. The monoisotopic (exact) mass is 697 g/mol. The standard InChI is InChI=1S/C48H31N3OS/c1-48(2)38-19-8-6-14-32(38)33-24-22-29(26-39(33)48)45-49-46(51-47(50-45)37-18-10-17-35-34-15-7-9-21-42(34)53-44(35)37)30-23-25-36-41(27-30)52-40-20-11-16-31(43(36)40)28-12-4-3-5-13-28/h3-27H,1-2H3. The van der Waals surface area contributed by atoms with E-state index in [-0.39, 0.29) is 5.41 Å². The van der Waals surface area contributed by atoms with Crippen molar-refractivity contribution in [3.05, 3.63) is 163 Å². The van der Waals surface area contributed by atoms with E-state index < -0.39 is 0 Å². The first kappa shape index (κ1) is 30.2. The van der Waals surface area contributed by atoms with Crippen LogP contribution in [0.15, 0.2) is 156 Å². The summed E-state index contributed by atoms with van der Waals surface area (Å²) >= 11 is 1.78. The van der Waals surface area contributed by atoms with Crippen molar-refractivity contribution in [1.82, 2.24) is 15.0 Å². The summed E-state index contributed by atoms with van der Waals surface area (Å²) in [6, 6.07) is 53.5. The fourth-order valence-electron chi connectivity index (χ4n) is 8.34. The van der Waals surface area contributed by atoms with Gasteiger partial charge in [0, 0.05) is 53.1 Å². The van der Waals surface area contributed by atoms with Crippen LogP contribution in [-0.4, -0.2) is 15.0 Å². The SMILES string of the molecule is CC1(C)c2ccccc2-c2ccc(-c3nc(-c4ccc5c(c4)oc4cccc(-c6ccccc6)c45)nc(-c4cccc5c4sc4ccccc45)n3)cc21. The molecule has 7 aromatic carbocycles. The Morgan fingerprint density at radius 1 is 0.453 bits per heavy atom. The van der Waals surface area contributed by atoms with Crippen molar-refractivity contribution < 1.29 is 4.42 Å². The number of hydrogen-bond acceptors (Lipinski definition) is 5. The Labute approximate surface area is 310 Å². The summed E-state index contributed by atoms with van der Waals surface area (Å²) in [6.07, 6.45) is 0. The molecule has 0 spiro atoms. The van der Waals surface area contributed by atoms with Crippen LogP contribution in [0, 0.1) is 0 Å². The maximum Gasteiger partial charge on any atom is 0.165 e. The van der Waals surface area contributed by atoms with E-state index in [0.717, 1.165) is 49.8 Å². The molecule has 0 atom stereocenters. The third-order valence-electron chi connectivity index (χ3n) is 11.0. The minimum atomic E-state index is -0.145. The Bertz CT molecular complexity index is 3100. The Hall–Kier alpha value is -6.43. The molecule has 0 N–H and O–H groups in total. The van der Waals surface area contributed by atoms with E-state index in [1.807, 2.05) is 12.1 Å². The summed E-state index contributed by atoms with van der Waals surface area (Å²) in [5.74, 6) is 1.91. The molecule has 0 aliphatic heterocycles. The number of thiophene rings is 1. The number of benzene rings is 7. The van der Waals surface area contributed by atoms with Gasteiger partial charge in [-0.3, -0.25) is 0 Å². The topological polar surface area (TPSA) is 51.8 Å². The van der Waals surface area contributed by atoms with Crippen molar-refractivity contribution in [2.45, 2.75) is 19.3 Å². The van der Waals surface area contributed by atoms with E-state index in [1.54, 1.807) is 11.3 Å². The molecule has 0 fully saturated rings. The lowest BCUT2D eigenvalue weighted by Gasteiger charge is -2.21. The first-order chi connectivity index (χ1) is 26.0. The summed E-state index contributed by atoms with van der Waals surface area (Å²) in [5, 5.41) is 4.62. The molecular formula is C48H31N3OS. The van der Waals surface area contributed by atoms with Crippen molar-refractivity contribution in [1.29, 1.82) is 0 Å². The molecule has 5 heteroatoms. The third kappa shape index (κ3) is 4.57. The molecular weight excluding hydrogens is 667 g/mol. The molecule has 4 nitrogen and oxygen atoms in total. The molecule has 250 valence electrons. The van der Waals surface area contributed by atoms with Gasteiger partial charge in [-0.15, -0.1) is 11.3 Å². The van der Waals surface area contributed by atoms with E-state index in [2.05, 4.69) is 153 Å². The molecule has 0 radical (unpaired) electrons. The van der Waals surface area contributed by atoms with E-state index in [1.165, 1.54) is 42.4 Å². The maximum atomic E-state index is 6.53. The predicted octanol–water partition coefficient (Wildman–Crippen LogP) is 13.1. The maximum absolute atomic E-state index is 6.53. The van der Waals surface area contributed by atoms with Gasteiger partial charge in [0.2, 0.25) is 0 Å². The molecule has 11 rings (SSSR count). The second kappa shape index (κ2) is 11.3. The second-order valence-electron chi connectivity index (χ2n) is 14.4. The zero-order valence-electron chi connectivity index (χ0n) is 29.1. The van der Waals surface area contributed by atoms with Crippen LogP contribution in [0.5, 0.6) is 0 Å². The van der Waals surface area contributed by atoms with Crippen molar-refractivity contribution >= 4 is 53.4 Å². The lowest BCUT2D eigenvalue weighted by molar-refractivity contribution is 0.660. The summed E-state index contributed by atoms with van der Waals surface area (Å²) in [7, 11) is 0. The van der Waals surface area contributed by atoms with Crippen LogP contribution in [0.1, 0.15) is 25.0 Å². The Morgan fingerprint density at radius 2 is 1.11 bits per heavy atom. The highest BCUT2D eigenvalue weighted by Crippen LogP contribution is 2.49. The molecule has 3 heterocycles. The quantitative estimate of drug-likeness (QED) is 0.184. The second-order valence-corrected chi connectivity index (χ2v) is 15.4. The molecule has 0 amide bonds. The van der Waals surface area contributed by atoms with Gasteiger partial charge < -0.3 is 4.42 Å². The van der Waals surface area contributed by atoms with Gasteiger partial charge in [-0.2, -0.15) is 0 Å². The van der Waals surface area contributed by atoms with Crippen molar-refractivity contribution in [2.75, 3.05) is 0 Å². The lowest BCUT2D eigenvalue weighted by Crippen LogP contribution is -2.15. The molecule has 0 saturated heterocycles. The highest BCUT2D eigenvalue weighted by atomic mass is 32.1. The Balaban J connectivity index is 1.12. The fourth-order valence-corrected chi connectivity index (χ4v) is 9.56. The molecule has 1 aliphatic rings. The highest BCUT2D eigenvalue weighted by molar-refractivity contribution is 7.26. The molecule has 0 bridgehead atoms. The van der Waals surface area contributed by atoms with E-state index in [4.69, 9.17) is 19.4 Å². The molecule has 1 aliphatic carbocycles. The number of aromatic nitrogens is 3. The van der Waals surface area contributed by atoms with Gasteiger partial charge in [0.1, 0.15) is 11.2 Å². The molecule has 0 saturated carbocycles. The third-order valence-corrected chi connectivity index (χ3v) is 12.2. The highest BCUT2D eigenvalue weighted by Gasteiger charge is 2.35. The first-order valence-corrected chi connectivity index (χ1v) is 18.8. The van der Waals surface area contributed by atoms with Crippen LogP contribution in [0.2, 0.25) is 0 Å². The van der Waals surface area contributed by atoms with Crippen molar-refractivity contribution in [3.8, 4) is 56.4 Å². The Morgan fingerprint density at radius 3 is 2.00 bits per heavy atom. The molecule has 10 aromatic rings. The van der Waals surface area contributed by atoms with Gasteiger partial charge in [0.05, 0.1) is 0 Å². The van der Waals surface area contributed by atoms with Crippen LogP contribution in [-0.2, 0) is 5.41 Å². The first-order valence-electron chi connectivity index (χ1n) is 17.9. The summed E-state index contributed by atoms with van der Waals surface area (Å²) in [5.41, 5.74) is 11.8. The van der Waals surface area contributed by atoms with E-state index in [0.29, 0.717) is 17.5 Å². The average Bonchev–Trinajstić information content (AvgIpc) is 3.85. The zero-order valence-corrected chi connectivity index (χ0v) is 29.9. The number of hydrogen-bond donors (Lipinski definition) is 0. The van der Waals surface area contributed by atoms with Crippen LogP contribution in [0.25, 0.3) is 98.5 Å². The molecule has 3 aromatic heterocycles. The lowest BCUT2D eigenvalue weighted by atomic mass is 9.82. The Kier molecular flexibility index (Phi) is 6.43. The van der Waals surface area contributed by atoms with Gasteiger partial charge in [0.25, 0.3) is 0 Å². The van der Waals surface area contributed by atoms with E-state index in [9.17, 15) is 0 Å². The zero-order chi connectivity index (χ0) is 35.3. The van der Waals surface area contributed by atoms with Gasteiger partial charge >= 0.3 is 0 Å². The summed E-state index contributed by atoms with van der Waals surface area (Å²) in [4.78, 5) is 15.7. The van der Waals surface area contributed by atoms with Gasteiger partial charge in [-0.25, -0.2) is 15.0 Å². The minimum absolute atomic E-state index is 0.145. The molecule has 53 heavy (non-hydrogen) atoms. The fraction of sp³-hybridized carbons (Fsp3) is 0.0625. The number of rotatable bonds is 4.